The van der Waals surface area contributed by atoms with Crippen LogP contribution in [0.15, 0.2) is 78.4 Å². The Hall–Kier alpha value is -2.61. The minimum atomic E-state index is -1.02. The van der Waals surface area contributed by atoms with Gasteiger partial charge in [-0.3, -0.25) is 4.90 Å². The van der Waals surface area contributed by atoms with Crippen LogP contribution in [0.25, 0.3) is 5.57 Å². The van der Waals surface area contributed by atoms with E-state index in [1.807, 2.05) is 42.5 Å². The molecule has 0 unspecified atom stereocenters. The van der Waals surface area contributed by atoms with Crippen LogP contribution in [0.5, 0.6) is 0 Å². The highest BCUT2D eigenvalue weighted by Gasteiger charge is 2.35. The molecule has 0 aliphatic carbocycles. The molecule has 0 atom stereocenters. The first-order valence-corrected chi connectivity index (χ1v) is 11.2. The summed E-state index contributed by atoms with van der Waals surface area (Å²) in [4.78, 5) is 2.36. The van der Waals surface area contributed by atoms with Crippen LogP contribution in [0, 0.1) is 11.3 Å². The van der Waals surface area contributed by atoms with E-state index in [1.54, 1.807) is 19.9 Å². The molecule has 1 N–H and O–H groups in total. The summed E-state index contributed by atoms with van der Waals surface area (Å²) in [5.74, 6) is 0. The Kier molecular flexibility index (Phi) is 6.42. The number of likely N-dealkylation sites (tertiary alicyclic amines) is 1. The number of hydrogen-bond acceptors (Lipinski definition) is 3. The number of rotatable bonds is 5. The van der Waals surface area contributed by atoms with Crippen molar-refractivity contribution in [2.45, 2.75) is 25.5 Å². The van der Waals surface area contributed by atoms with E-state index in [0.717, 1.165) is 22.3 Å². The van der Waals surface area contributed by atoms with E-state index in [9.17, 15) is 10.4 Å². The standard InChI is InChI=1S/C27H24Cl2N2O/c1-27(2,32)25(21-5-3-4-18(14-21)15-30)22-16-31(17-22)26(19-6-10-23(28)11-7-19)20-8-12-24(29)13-9-20/h3-14,26,32H,16-17H2,1-2H3. The third-order valence-corrected chi connectivity index (χ3v) is 6.27. The maximum Gasteiger partial charge on any atom is 0.0991 e. The summed E-state index contributed by atoms with van der Waals surface area (Å²) in [6, 6.07) is 25.5. The molecule has 3 aromatic rings. The second-order valence-corrected chi connectivity index (χ2v) is 9.51. The van der Waals surface area contributed by atoms with Crippen molar-refractivity contribution < 1.29 is 5.11 Å². The van der Waals surface area contributed by atoms with Gasteiger partial charge in [-0.2, -0.15) is 5.26 Å². The fourth-order valence-electron chi connectivity index (χ4n) is 4.42. The molecule has 3 nitrogen and oxygen atoms in total. The zero-order valence-electron chi connectivity index (χ0n) is 18.0. The van der Waals surface area contributed by atoms with Crippen LogP contribution in [0.1, 0.15) is 42.1 Å². The van der Waals surface area contributed by atoms with Crippen molar-refractivity contribution in [3.63, 3.8) is 0 Å². The molecule has 0 saturated carbocycles. The van der Waals surface area contributed by atoms with Gasteiger partial charge in [-0.25, -0.2) is 0 Å². The minimum absolute atomic E-state index is 0.0433. The molecule has 1 saturated heterocycles. The maximum atomic E-state index is 11.0. The highest BCUT2D eigenvalue weighted by molar-refractivity contribution is 6.30. The van der Waals surface area contributed by atoms with Crippen LogP contribution in [0.4, 0.5) is 0 Å². The predicted molar refractivity (Wildman–Crippen MR) is 131 cm³/mol. The second kappa shape index (κ2) is 9.10. The van der Waals surface area contributed by atoms with Crippen LogP contribution < -0.4 is 0 Å². The summed E-state index contributed by atoms with van der Waals surface area (Å²) in [5.41, 5.74) is 4.80. The van der Waals surface area contributed by atoms with Gasteiger partial charge in [0.25, 0.3) is 0 Å². The lowest BCUT2D eigenvalue weighted by Gasteiger charge is -2.44. The molecule has 0 aromatic heterocycles. The van der Waals surface area contributed by atoms with Gasteiger partial charge in [-0.1, -0.05) is 59.6 Å². The van der Waals surface area contributed by atoms with Crippen molar-refractivity contribution in [2.24, 2.45) is 0 Å². The van der Waals surface area contributed by atoms with Gasteiger partial charge in [0, 0.05) is 23.1 Å². The van der Waals surface area contributed by atoms with Crippen LogP contribution in [0.2, 0.25) is 10.0 Å². The monoisotopic (exact) mass is 462 g/mol. The zero-order valence-corrected chi connectivity index (χ0v) is 19.5. The lowest BCUT2D eigenvalue weighted by Crippen LogP contribution is -2.45. The first kappa shape index (κ1) is 22.6. The van der Waals surface area contributed by atoms with Gasteiger partial charge in [-0.15, -0.1) is 0 Å². The summed E-state index contributed by atoms with van der Waals surface area (Å²) in [6.07, 6.45) is 0. The molecule has 1 aliphatic rings. The minimum Gasteiger partial charge on any atom is -0.386 e. The molecule has 1 aliphatic heterocycles. The van der Waals surface area contributed by atoms with Crippen LogP contribution in [-0.2, 0) is 0 Å². The number of hydrogen-bond donors (Lipinski definition) is 1. The topological polar surface area (TPSA) is 47.3 Å². The van der Waals surface area contributed by atoms with E-state index in [1.165, 1.54) is 5.57 Å². The Labute approximate surface area is 199 Å². The van der Waals surface area contributed by atoms with Crippen LogP contribution in [-0.4, -0.2) is 28.7 Å². The molecule has 0 bridgehead atoms. The van der Waals surface area contributed by atoms with Gasteiger partial charge in [0.05, 0.1) is 23.3 Å². The summed E-state index contributed by atoms with van der Waals surface area (Å²) < 4.78 is 0. The predicted octanol–water partition coefficient (Wildman–Crippen LogP) is 6.49. The average molecular weight is 463 g/mol. The van der Waals surface area contributed by atoms with E-state index >= 15 is 0 Å². The smallest absolute Gasteiger partial charge is 0.0991 e. The number of nitriles is 1. The third-order valence-electron chi connectivity index (χ3n) is 5.77. The Morgan fingerprint density at radius 1 is 0.938 bits per heavy atom. The van der Waals surface area contributed by atoms with E-state index in [0.29, 0.717) is 28.7 Å². The Bertz CT molecular complexity index is 1130. The van der Waals surface area contributed by atoms with Crippen molar-refractivity contribution in [3.8, 4) is 6.07 Å². The van der Waals surface area contributed by atoms with Crippen molar-refractivity contribution in [2.75, 3.05) is 13.1 Å². The van der Waals surface area contributed by atoms with Crippen molar-refractivity contribution in [3.05, 3.63) is 111 Å². The molecule has 1 fully saturated rings. The number of halogens is 2. The molecule has 0 spiro atoms. The van der Waals surface area contributed by atoms with Crippen LogP contribution >= 0.6 is 23.2 Å². The van der Waals surface area contributed by atoms with E-state index in [4.69, 9.17) is 23.2 Å². The van der Waals surface area contributed by atoms with Gasteiger partial charge >= 0.3 is 0 Å². The molecular weight excluding hydrogens is 439 g/mol. The summed E-state index contributed by atoms with van der Waals surface area (Å²) in [7, 11) is 0. The second-order valence-electron chi connectivity index (χ2n) is 8.64. The largest absolute Gasteiger partial charge is 0.386 e. The molecule has 3 aromatic carbocycles. The SMILES string of the molecule is CC(C)(O)C(=C1CN(C(c2ccc(Cl)cc2)c2ccc(Cl)cc2)C1)c1cccc(C#N)c1. The number of benzene rings is 3. The van der Waals surface area contributed by atoms with Gasteiger partial charge in [0.1, 0.15) is 0 Å². The Morgan fingerprint density at radius 2 is 1.47 bits per heavy atom. The lowest BCUT2D eigenvalue weighted by molar-refractivity contribution is 0.136. The molecule has 0 amide bonds. The van der Waals surface area contributed by atoms with E-state index in [-0.39, 0.29) is 6.04 Å². The molecule has 1 heterocycles. The molecular formula is C27H24Cl2N2O. The third kappa shape index (κ3) is 4.75. The summed E-state index contributed by atoms with van der Waals surface area (Å²) in [6.45, 7) is 5.03. The molecule has 32 heavy (non-hydrogen) atoms. The molecule has 4 rings (SSSR count). The van der Waals surface area contributed by atoms with Gasteiger partial charge in [0.2, 0.25) is 0 Å². The van der Waals surface area contributed by atoms with E-state index < -0.39 is 5.60 Å². The van der Waals surface area contributed by atoms with E-state index in [2.05, 4.69) is 35.2 Å². The fraction of sp³-hybridized carbons (Fsp3) is 0.222. The number of nitrogens with zero attached hydrogens (tertiary/aromatic N) is 2. The Balaban J connectivity index is 1.71. The summed E-state index contributed by atoms with van der Waals surface area (Å²) >= 11 is 12.3. The normalized spacial score (nSPS) is 14.2. The fourth-order valence-corrected chi connectivity index (χ4v) is 4.68. The summed E-state index contributed by atoms with van der Waals surface area (Å²) in [5, 5.41) is 21.7. The average Bonchev–Trinajstić information content (AvgIpc) is 2.73. The quantitative estimate of drug-likeness (QED) is 0.470. The van der Waals surface area contributed by atoms with Crippen LogP contribution in [0.3, 0.4) is 0 Å². The first-order valence-electron chi connectivity index (χ1n) is 10.5. The highest BCUT2D eigenvalue weighted by atomic mass is 35.5. The number of aliphatic hydroxyl groups is 1. The lowest BCUT2D eigenvalue weighted by atomic mass is 9.82. The van der Waals surface area contributed by atoms with Crippen molar-refractivity contribution in [1.29, 1.82) is 5.26 Å². The highest BCUT2D eigenvalue weighted by Crippen LogP contribution is 2.40. The van der Waals surface area contributed by atoms with Crippen molar-refractivity contribution >= 4 is 28.8 Å². The molecule has 162 valence electrons. The van der Waals surface area contributed by atoms with Gasteiger partial charge in [0.15, 0.2) is 0 Å². The molecule has 5 heteroatoms. The maximum absolute atomic E-state index is 11.0. The first-order chi connectivity index (χ1) is 15.3. The Morgan fingerprint density at radius 3 is 1.94 bits per heavy atom. The van der Waals surface area contributed by atoms with Crippen molar-refractivity contribution in [1.82, 2.24) is 4.90 Å². The van der Waals surface area contributed by atoms with Gasteiger partial charge < -0.3 is 5.11 Å². The zero-order chi connectivity index (χ0) is 22.9. The molecule has 0 radical (unpaired) electrons. The van der Waals surface area contributed by atoms with Gasteiger partial charge in [-0.05, 0) is 78.1 Å².